The van der Waals surface area contributed by atoms with Crippen molar-refractivity contribution < 1.29 is 9.90 Å². The molecule has 0 radical (unpaired) electrons. The van der Waals surface area contributed by atoms with E-state index in [1.165, 1.54) is 16.5 Å². The number of aryl methyl sites for hydroxylation is 1. The lowest BCUT2D eigenvalue weighted by Gasteiger charge is -2.41. The van der Waals surface area contributed by atoms with Crippen LogP contribution in [0, 0.1) is 5.92 Å². The first-order valence-corrected chi connectivity index (χ1v) is 10.4. The molecule has 146 valence electrons. The average Bonchev–Trinajstić information content (AvgIpc) is 3.13. The van der Waals surface area contributed by atoms with E-state index in [1.54, 1.807) is 0 Å². The molecule has 1 N–H and O–H groups in total. The number of nitrogens with zero attached hydrogens (tertiary/aromatic N) is 3. The van der Waals surface area contributed by atoms with Crippen molar-refractivity contribution in [3.63, 3.8) is 0 Å². The lowest BCUT2D eigenvalue weighted by atomic mass is 9.94. The van der Waals surface area contributed by atoms with Crippen molar-refractivity contribution in [2.75, 3.05) is 26.2 Å². The van der Waals surface area contributed by atoms with Crippen molar-refractivity contribution in [2.45, 2.75) is 51.7 Å². The normalized spacial score (nSPS) is 23.1. The number of likely N-dealkylation sites (tertiary alicyclic amines) is 2. The van der Waals surface area contributed by atoms with Crippen LogP contribution < -0.4 is 0 Å². The number of fused-ring (bicyclic) bond motifs is 1. The van der Waals surface area contributed by atoms with E-state index in [4.69, 9.17) is 0 Å². The standard InChI is InChI=1S/C22H31N3O2/c1-2-24-14-10-20-17(5-3-7-21(20)24)15-23-12-8-19(9-13-23)25-11-4-6-18(16-25)22(26)27/h3,5,7,10,14,18-19H,2,4,6,8-9,11-13,15-16H2,1H3,(H,26,27)/t18-/m1/s1. The van der Waals surface area contributed by atoms with Crippen molar-refractivity contribution in [1.29, 1.82) is 0 Å². The van der Waals surface area contributed by atoms with Crippen LogP contribution in [0.4, 0.5) is 0 Å². The molecule has 0 amide bonds. The minimum Gasteiger partial charge on any atom is -0.481 e. The van der Waals surface area contributed by atoms with Gasteiger partial charge in [0.05, 0.1) is 5.92 Å². The fourth-order valence-electron chi connectivity index (χ4n) is 4.92. The Morgan fingerprint density at radius 1 is 1.15 bits per heavy atom. The third kappa shape index (κ3) is 3.90. The molecule has 0 saturated carbocycles. The molecule has 27 heavy (non-hydrogen) atoms. The number of hydrogen-bond donors (Lipinski definition) is 1. The van der Waals surface area contributed by atoms with Gasteiger partial charge >= 0.3 is 5.97 Å². The summed E-state index contributed by atoms with van der Waals surface area (Å²) in [5.74, 6) is -0.791. The summed E-state index contributed by atoms with van der Waals surface area (Å²) < 4.78 is 2.31. The SMILES string of the molecule is CCn1ccc2c(CN3CCC(N4CCC[C@@H](C(=O)O)C4)CC3)cccc21. The Kier molecular flexibility index (Phi) is 5.50. The van der Waals surface area contributed by atoms with E-state index in [9.17, 15) is 9.90 Å². The molecule has 3 heterocycles. The Balaban J connectivity index is 1.36. The zero-order chi connectivity index (χ0) is 18.8. The fourth-order valence-corrected chi connectivity index (χ4v) is 4.92. The van der Waals surface area contributed by atoms with Crippen LogP contribution in [-0.4, -0.2) is 57.7 Å². The molecule has 0 spiro atoms. The third-order valence-corrected chi connectivity index (χ3v) is 6.51. The minimum absolute atomic E-state index is 0.169. The molecule has 2 aromatic rings. The lowest BCUT2D eigenvalue weighted by Crippen LogP contribution is -2.49. The second-order valence-electron chi connectivity index (χ2n) is 8.13. The molecule has 2 saturated heterocycles. The van der Waals surface area contributed by atoms with Crippen LogP contribution in [0.3, 0.4) is 0 Å². The monoisotopic (exact) mass is 369 g/mol. The number of carboxylic acids is 1. The van der Waals surface area contributed by atoms with Crippen molar-refractivity contribution in [2.24, 2.45) is 5.92 Å². The number of piperidine rings is 2. The molecule has 2 fully saturated rings. The van der Waals surface area contributed by atoms with Gasteiger partial charge in [-0.15, -0.1) is 0 Å². The summed E-state index contributed by atoms with van der Waals surface area (Å²) in [6.07, 6.45) is 6.35. The first-order valence-electron chi connectivity index (χ1n) is 10.4. The van der Waals surface area contributed by atoms with Crippen molar-refractivity contribution in [3.05, 3.63) is 36.0 Å². The molecule has 0 bridgehead atoms. The molecule has 1 aromatic carbocycles. The number of rotatable bonds is 5. The summed E-state index contributed by atoms with van der Waals surface area (Å²) in [5, 5.41) is 10.7. The Morgan fingerprint density at radius 3 is 2.70 bits per heavy atom. The smallest absolute Gasteiger partial charge is 0.307 e. The van der Waals surface area contributed by atoms with Crippen molar-refractivity contribution in [3.8, 4) is 0 Å². The average molecular weight is 370 g/mol. The maximum absolute atomic E-state index is 11.3. The quantitative estimate of drug-likeness (QED) is 0.877. The van der Waals surface area contributed by atoms with E-state index in [-0.39, 0.29) is 5.92 Å². The number of aliphatic carboxylic acids is 1. The summed E-state index contributed by atoms with van der Waals surface area (Å²) in [4.78, 5) is 16.3. The molecular formula is C22H31N3O2. The van der Waals surface area contributed by atoms with Gasteiger partial charge in [0.25, 0.3) is 0 Å². The van der Waals surface area contributed by atoms with E-state index >= 15 is 0 Å². The first kappa shape index (κ1) is 18.5. The van der Waals surface area contributed by atoms with Crippen LogP contribution in [-0.2, 0) is 17.9 Å². The van der Waals surface area contributed by atoms with E-state index in [0.29, 0.717) is 6.04 Å². The number of benzene rings is 1. The van der Waals surface area contributed by atoms with Crippen LogP contribution in [0.25, 0.3) is 10.9 Å². The molecule has 5 heteroatoms. The topological polar surface area (TPSA) is 48.7 Å². The van der Waals surface area contributed by atoms with Crippen molar-refractivity contribution in [1.82, 2.24) is 14.4 Å². The van der Waals surface area contributed by atoms with Gasteiger partial charge in [0.15, 0.2) is 0 Å². The molecule has 2 aliphatic rings. The van der Waals surface area contributed by atoms with Gasteiger partial charge in [-0.2, -0.15) is 0 Å². The van der Waals surface area contributed by atoms with Gasteiger partial charge in [0.1, 0.15) is 0 Å². The van der Waals surface area contributed by atoms with Crippen LogP contribution in [0.1, 0.15) is 38.2 Å². The van der Waals surface area contributed by atoms with E-state index in [2.05, 4.69) is 51.8 Å². The zero-order valence-electron chi connectivity index (χ0n) is 16.3. The molecule has 2 aliphatic heterocycles. The summed E-state index contributed by atoms with van der Waals surface area (Å²) in [7, 11) is 0. The lowest BCUT2D eigenvalue weighted by molar-refractivity contribution is -0.144. The molecule has 1 aromatic heterocycles. The summed E-state index contributed by atoms with van der Waals surface area (Å²) in [6, 6.07) is 9.46. The molecule has 5 nitrogen and oxygen atoms in total. The maximum atomic E-state index is 11.3. The molecule has 1 atom stereocenters. The number of carboxylic acid groups (broad SMARTS) is 1. The van der Waals surface area contributed by atoms with Crippen LogP contribution in [0.5, 0.6) is 0 Å². The predicted octanol–water partition coefficient (Wildman–Crippen LogP) is 3.42. The second-order valence-corrected chi connectivity index (χ2v) is 8.13. The highest BCUT2D eigenvalue weighted by Crippen LogP contribution is 2.26. The Morgan fingerprint density at radius 2 is 1.96 bits per heavy atom. The van der Waals surface area contributed by atoms with Gasteiger partial charge < -0.3 is 9.67 Å². The highest BCUT2D eigenvalue weighted by Gasteiger charge is 2.31. The molecule has 0 aliphatic carbocycles. The second kappa shape index (κ2) is 8.03. The fraction of sp³-hybridized carbons (Fsp3) is 0.591. The van der Waals surface area contributed by atoms with E-state index in [1.807, 2.05) is 0 Å². The number of aromatic nitrogens is 1. The van der Waals surface area contributed by atoms with Crippen LogP contribution in [0.15, 0.2) is 30.5 Å². The van der Waals surface area contributed by atoms with Crippen molar-refractivity contribution >= 4 is 16.9 Å². The summed E-state index contributed by atoms with van der Waals surface area (Å²) in [5.41, 5.74) is 2.75. The van der Waals surface area contributed by atoms with Crippen LogP contribution >= 0.6 is 0 Å². The Labute approximate surface area is 161 Å². The molecule has 4 rings (SSSR count). The summed E-state index contributed by atoms with van der Waals surface area (Å²) in [6.45, 7) is 8.21. The largest absolute Gasteiger partial charge is 0.481 e. The van der Waals surface area contributed by atoms with Gasteiger partial charge in [-0.1, -0.05) is 12.1 Å². The van der Waals surface area contributed by atoms with Gasteiger partial charge in [-0.05, 0) is 69.9 Å². The van der Waals surface area contributed by atoms with Gasteiger partial charge in [0.2, 0.25) is 0 Å². The van der Waals surface area contributed by atoms with E-state index in [0.717, 1.165) is 65.0 Å². The van der Waals surface area contributed by atoms with Gasteiger partial charge in [-0.3, -0.25) is 14.6 Å². The number of carbonyl (C=O) groups is 1. The first-order chi connectivity index (χ1) is 13.2. The summed E-state index contributed by atoms with van der Waals surface area (Å²) >= 11 is 0. The highest BCUT2D eigenvalue weighted by molar-refractivity contribution is 5.83. The zero-order valence-corrected chi connectivity index (χ0v) is 16.3. The Hall–Kier alpha value is -1.85. The number of hydrogen-bond acceptors (Lipinski definition) is 3. The maximum Gasteiger partial charge on any atom is 0.307 e. The van der Waals surface area contributed by atoms with Gasteiger partial charge in [-0.25, -0.2) is 0 Å². The third-order valence-electron chi connectivity index (χ3n) is 6.51. The van der Waals surface area contributed by atoms with Crippen LogP contribution in [0.2, 0.25) is 0 Å². The predicted molar refractivity (Wildman–Crippen MR) is 108 cm³/mol. The highest BCUT2D eigenvalue weighted by atomic mass is 16.4. The Bertz CT molecular complexity index is 792. The molecular weight excluding hydrogens is 338 g/mol. The minimum atomic E-state index is -0.621. The van der Waals surface area contributed by atoms with E-state index < -0.39 is 5.97 Å². The molecule has 0 unspecified atom stereocenters. The van der Waals surface area contributed by atoms with Gasteiger partial charge in [0, 0.05) is 42.8 Å².